The molecule has 3 aliphatic rings. The zero-order valence-corrected chi connectivity index (χ0v) is 14.1. The number of fused-ring (bicyclic) bond motifs is 3. The van der Waals surface area contributed by atoms with Crippen molar-refractivity contribution in [2.45, 2.75) is 65.7 Å². The topological polar surface area (TPSA) is 20.2 Å². The van der Waals surface area contributed by atoms with Crippen molar-refractivity contribution < 1.29 is 5.11 Å². The Balaban J connectivity index is 1.96. The molecule has 0 aromatic carbocycles. The van der Waals surface area contributed by atoms with Gasteiger partial charge in [0.15, 0.2) is 0 Å². The minimum Gasteiger partial charge on any atom is -0.396 e. The van der Waals surface area contributed by atoms with E-state index >= 15 is 0 Å². The summed E-state index contributed by atoms with van der Waals surface area (Å²) in [6, 6.07) is 0. The molecule has 21 heavy (non-hydrogen) atoms. The largest absolute Gasteiger partial charge is 0.396 e. The second kappa shape index (κ2) is 4.98. The van der Waals surface area contributed by atoms with Crippen LogP contribution in [0.3, 0.4) is 0 Å². The summed E-state index contributed by atoms with van der Waals surface area (Å²) < 4.78 is 0. The van der Waals surface area contributed by atoms with Gasteiger partial charge in [0.1, 0.15) is 0 Å². The highest BCUT2D eigenvalue weighted by atomic mass is 16.3. The van der Waals surface area contributed by atoms with Gasteiger partial charge in [-0.2, -0.15) is 0 Å². The normalized spacial score (nSPS) is 49.8. The molecule has 0 aromatic rings. The lowest BCUT2D eigenvalue weighted by molar-refractivity contribution is -0.0892. The van der Waals surface area contributed by atoms with Crippen molar-refractivity contribution in [3.63, 3.8) is 0 Å². The fourth-order valence-electron chi connectivity index (χ4n) is 6.01. The summed E-state index contributed by atoms with van der Waals surface area (Å²) in [5.74, 6) is 1.44. The number of hydrogen-bond donors (Lipinski definition) is 1. The summed E-state index contributed by atoms with van der Waals surface area (Å²) in [5, 5.41) is 9.99. The van der Waals surface area contributed by atoms with Crippen LogP contribution >= 0.6 is 0 Å². The fraction of sp³-hybridized carbons (Fsp3) is 0.800. The van der Waals surface area contributed by atoms with Gasteiger partial charge in [-0.25, -0.2) is 0 Å². The lowest BCUT2D eigenvalue weighted by atomic mass is 9.45. The summed E-state index contributed by atoms with van der Waals surface area (Å²) in [7, 11) is 0. The third-order valence-corrected chi connectivity index (χ3v) is 7.38. The molecule has 1 heteroatoms. The van der Waals surface area contributed by atoms with Crippen LogP contribution in [0.1, 0.15) is 65.7 Å². The van der Waals surface area contributed by atoms with E-state index in [0.29, 0.717) is 17.9 Å². The van der Waals surface area contributed by atoms with Crippen LogP contribution in [0.4, 0.5) is 0 Å². The highest BCUT2D eigenvalue weighted by Crippen LogP contribution is 2.63. The lowest BCUT2D eigenvalue weighted by Gasteiger charge is -2.60. The SMILES string of the molecule is C=C[C@]1(C)C=C2CC[C@@H]3[C@@](C)(CO)CCC[C@@]3(C)[C@@H]2CC1. The van der Waals surface area contributed by atoms with Crippen LogP contribution in [0.25, 0.3) is 0 Å². The quantitative estimate of drug-likeness (QED) is 0.700. The van der Waals surface area contributed by atoms with Crippen molar-refractivity contribution in [1.29, 1.82) is 0 Å². The van der Waals surface area contributed by atoms with Gasteiger partial charge in [0.05, 0.1) is 0 Å². The molecule has 0 unspecified atom stereocenters. The standard InChI is InChI=1S/C20H32O/c1-5-18(2)12-9-16-15(13-18)7-8-17-19(3,14-21)10-6-11-20(16,17)4/h5,13,16-17,21H,1,6-12,14H2,2-4H3/t16-,17-,18+,19-,20+/m1/s1. The molecule has 1 N–H and O–H groups in total. The van der Waals surface area contributed by atoms with Crippen LogP contribution < -0.4 is 0 Å². The Bertz CT molecular complexity index is 464. The fourth-order valence-corrected chi connectivity index (χ4v) is 6.01. The van der Waals surface area contributed by atoms with E-state index in [-0.39, 0.29) is 10.8 Å². The molecule has 2 saturated carbocycles. The molecule has 0 heterocycles. The minimum absolute atomic E-state index is 0.151. The highest BCUT2D eigenvalue weighted by molar-refractivity contribution is 5.26. The molecule has 3 rings (SSSR count). The third kappa shape index (κ3) is 2.23. The number of aliphatic hydroxyl groups excluding tert-OH is 1. The van der Waals surface area contributed by atoms with Crippen molar-refractivity contribution in [2.75, 3.05) is 6.61 Å². The van der Waals surface area contributed by atoms with E-state index in [0.717, 1.165) is 5.92 Å². The molecule has 0 amide bonds. The van der Waals surface area contributed by atoms with Crippen molar-refractivity contribution in [3.05, 3.63) is 24.3 Å². The van der Waals surface area contributed by atoms with E-state index in [1.807, 2.05) is 0 Å². The summed E-state index contributed by atoms with van der Waals surface area (Å²) in [5.41, 5.74) is 2.47. The van der Waals surface area contributed by atoms with Crippen molar-refractivity contribution >= 4 is 0 Å². The van der Waals surface area contributed by atoms with E-state index in [1.54, 1.807) is 5.57 Å². The van der Waals surface area contributed by atoms with Gasteiger partial charge in [0.2, 0.25) is 0 Å². The average Bonchev–Trinajstić information content (AvgIpc) is 2.46. The molecule has 5 atom stereocenters. The zero-order valence-electron chi connectivity index (χ0n) is 14.1. The van der Waals surface area contributed by atoms with Gasteiger partial charge in [-0.05, 0) is 61.2 Å². The molecule has 0 spiro atoms. The first-order valence-electron chi connectivity index (χ1n) is 8.83. The molecule has 118 valence electrons. The summed E-state index contributed by atoms with van der Waals surface area (Å²) in [6.07, 6.45) is 13.6. The molecule has 3 aliphatic carbocycles. The average molecular weight is 288 g/mol. The van der Waals surface area contributed by atoms with Gasteiger partial charge >= 0.3 is 0 Å². The van der Waals surface area contributed by atoms with E-state index < -0.39 is 0 Å². The minimum atomic E-state index is 0.151. The van der Waals surface area contributed by atoms with Gasteiger partial charge in [-0.1, -0.05) is 44.9 Å². The Kier molecular flexibility index (Phi) is 3.64. The van der Waals surface area contributed by atoms with Crippen LogP contribution in [0.5, 0.6) is 0 Å². The smallest absolute Gasteiger partial charge is 0.0487 e. The Labute approximate surface area is 130 Å². The monoisotopic (exact) mass is 288 g/mol. The van der Waals surface area contributed by atoms with E-state index in [1.165, 1.54) is 44.9 Å². The van der Waals surface area contributed by atoms with Gasteiger partial charge < -0.3 is 5.11 Å². The first-order chi connectivity index (χ1) is 9.87. The molecular formula is C20H32O. The van der Waals surface area contributed by atoms with Gasteiger partial charge in [-0.3, -0.25) is 0 Å². The Morgan fingerprint density at radius 1 is 1.24 bits per heavy atom. The van der Waals surface area contributed by atoms with E-state index in [4.69, 9.17) is 0 Å². The third-order valence-electron chi connectivity index (χ3n) is 7.38. The number of allylic oxidation sites excluding steroid dienone is 3. The highest BCUT2D eigenvalue weighted by Gasteiger charge is 2.55. The van der Waals surface area contributed by atoms with E-state index in [2.05, 4.69) is 39.5 Å². The van der Waals surface area contributed by atoms with Crippen molar-refractivity contribution in [1.82, 2.24) is 0 Å². The zero-order chi connectivity index (χ0) is 15.3. The molecule has 2 fully saturated rings. The number of aliphatic hydroxyl groups is 1. The van der Waals surface area contributed by atoms with Gasteiger partial charge in [0.25, 0.3) is 0 Å². The number of rotatable bonds is 2. The maximum Gasteiger partial charge on any atom is 0.0487 e. The molecule has 0 bridgehead atoms. The molecule has 0 aromatic heterocycles. The number of hydrogen-bond acceptors (Lipinski definition) is 1. The van der Waals surface area contributed by atoms with Crippen LogP contribution in [-0.2, 0) is 0 Å². The summed E-state index contributed by atoms with van der Waals surface area (Å²) in [4.78, 5) is 0. The van der Waals surface area contributed by atoms with Crippen molar-refractivity contribution in [3.8, 4) is 0 Å². The second-order valence-corrected chi connectivity index (χ2v) is 8.78. The Morgan fingerprint density at radius 3 is 2.67 bits per heavy atom. The molecule has 0 radical (unpaired) electrons. The van der Waals surface area contributed by atoms with Gasteiger partial charge in [0, 0.05) is 12.0 Å². The maximum atomic E-state index is 9.99. The van der Waals surface area contributed by atoms with Crippen LogP contribution in [0.2, 0.25) is 0 Å². The molecule has 0 aliphatic heterocycles. The molecule has 0 saturated heterocycles. The predicted octanol–water partition coefficient (Wildman–Crippen LogP) is 5.11. The Morgan fingerprint density at radius 2 is 2.00 bits per heavy atom. The second-order valence-electron chi connectivity index (χ2n) is 8.78. The van der Waals surface area contributed by atoms with Crippen molar-refractivity contribution in [2.24, 2.45) is 28.1 Å². The van der Waals surface area contributed by atoms with Crippen LogP contribution in [0.15, 0.2) is 24.3 Å². The maximum absolute atomic E-state index is 9.99. The molecular weight excluding hydrogens is 256 g/mol. The van der Waals surface area contributed by atoms with Gasteiger partial charge in [-0.15, -0.1) is 6.58 Å². The van der Waals surface area contributed by atoms with E-state index in [9.17, 15) is 5.11 Å². The van der Waals surface area contributed by atoms with Crippen LogP contribution in [-0.4, -0.2) is 11.7 Å². The first-order valence-corrected chi connectivity index (χ1v) is 8.83. The summed E-state index contributed by atoms with van der Waals surface area (Å²) >= 11 is 0. The summed E-state index contributed by atoms with van der Waals surface area (Å²) in [6.45, 7) is 11.6. The Hall–Kier alpha value is -0.560. The predicted molar refractivity (Wildman–Crippen MR) is 89.0 cm³/mol. The first kappa shape index (κ1) is 15.3. The van der Waals surface area contributed by atoms with Crippen LogP contribution in [0, 0.1) is 28.1 Å². The molecule has 1 nitrogen and oxygen atoms in total. The lowest BCUT2D eigenvalue weighted by Crippen LogP contribution is -2.52.